The maximum atomic E-state index is 14.1. The summed E-state index contributed by atoms with van der Waals surface area (Å²) in [4.78, 5) is 44.8. The van der Waals surface area contributed by atoms with Crippen molar-refractivity contribution in [2.75, 3.05) is 32.1 Å². The molecule has 1 aromatic rings. The molecule has 38 heavy (non-hydrogen) atoms. The number of fused-ring (bicyclic) bond motifs is 1. The number of carbonyl (C=O) groups excluding carboxylic acids is 3. The molecule has 0 saturated carbocycles. The molecule has 2 aliphatic rings. The van der Waals surface area contributed by atoms with Gasteiger partial charge in [-0.3, -0.25) is 14.4 Å². The Labute approximate surface area is 241 Å². The molecule has 212 valence electrons. The second-order valence-electron chi connectivity index (χ2n) is 10.8. The lowest BCUT2D eigenvalue weighted by atomic mass is 9.98. The van der Waals surface area contributed by atoms with Gasteiger partial charge in [-0.15, -0.1) is 0 Å². The van der Waals surface area contributed by atoms with Gasteiger partial charge in [0.1, 0.15) is 12.1 Å². The highest BCUT2D eigenvalue weighted by molar-refractivity contribution is 7.99. The lowest BCUT2D eigenvalue weighted by molar-refractivity contribution is -0.146. The van der Waals surface area contributed by atoms with Crippen molar-refractivity contribution in [2.24, 2.45) is 5.92 Å². The van der Waals surface area contributed by atoms with Crippen molar-refractivity contribution in [3.05, 3.63) is 33.8 Å². The molecule has 2 aliphatic heterocycles. The van der Waals surface area contributed by atoms with Crippen LogP contribution in [0, 0.1) is 5.92 Å². The summed E-state index contributed by atoms with van der Waals surface area (Å²) in [5, 5.41) is 7.15. The van der Waals surface area contributed by atoms with Gasteiger partial charge in [-0.2, -0.15) is 11.8 Å². The zero-order valence-electron chi connectivity index (χ0n) is 23.0. The molecule has 0 aliphatic carbocycles. The van der Waals surface area contributed by atoms with Crippen molar-refractivity contribution in [2.45, 2.75) is 83.0 Å². The van der Waals surface area contributed by atoms with Crippen LogP contribution in [-0.4, -0.2) is 83.8 Å². The van der Waals surface area contributed by atoms with Crippen LogP contribution in [0.25, 0.3) is 0 Å². The van der Waals surface area contributed by atoms with Gasteiger partial charge in [0, 0.05) is 41.9 Å². The first-order valence-electron chi connectivity index (χ1n) is 13.7. The Bertz CT molecular complexity index is 979. The number of carbonyl (C=O) groups is 3. The zero-order chi connectivity index (χ0) is 27.8. The van der Waals surface area contributed by atoms with Crippen LogP contribution >= 0.6 is 35.0 Å². The number of nitrogens with zero attached hydrogens (tertiary/aromatic N) is 2. The first-order chi connectivity index (χ1) is 18.1. The second kappa shape index (κ2) is 14.8. The fraction of sp³-hybridized carbons (Fsp3) is 0.679. The Morgan fingerprint density at radius 3 is 2.58 bits per heavy atom. The SMILES string of the molecule is CN[C@H]1CCCCSC[C@H]2CCCN2C(=O)[C@H](Cc2cc(Cl)ccc2Cl)N(C)C(=O)[C@H](CC(C)C)NC1=O. The van der Waals surface area contributed by atoms with Gasteiger partial charge in [-0.1, -0.05) is 43.5 Å². The van der Waals surface area contributed by atoms with Crippen LogP contribution in [-0.2, 0) is 20.8 Å². The molecule has 0 radical (unpaired) electrons. The highest BCUT2D eigenvalue weighted by Gasteiger charge is 2.39. The number of likely N-dealkylation sites (N-methyl/N-ethyl adjacent to an activating group) is 2. The van der Waals surface area contributed by atoms with Crippen LogP contribution in [0.1, 0.15) is 57.9 Å². The van der Waals surface area contributed by atoms with Gasteiger partial charge < -0.3 is 20.4 Å². The van der Waals surface area contributed by atoms with E-state index in [-0.39, 0.29) is 42.1 Å². The maximum absolute atomic E-state index is 14.1. The smallest absolute Gasteiger partial charge is 0.245 e. The topological polar surface area (TPSA) is 81.8 Å². The Morgan fingerprint density at radius 2 is 1.87 bits per heavy atom. The van der Waals surface area contributed by atoms with Crippen LogP contribution in [0.15, 0.2) is 18.2 Å². The number of thioether (sulfide) groups is 1. The van der Waals surface area contributed by atoms with Crippen molar-refractivity contribution in [3.63, 3.8) is 0 Å². The van der Waals surface area contributed by atoms with E-state index in [2.05, 4.69) is 10.6 Å². The predicted octanol–water partition coefficient (Wildman–Crippen LogP) is 4.39. The Morgan fingerprint density at radius 1 is 1.11 bits per heavy atom. The van der Waals surface area contributed by atoms with Gasteiger partial charge in [0.25, 0.3) is 0 Å². The predicted molar refractivity (Wildman–Crippen MR) is 157 cm³/mol. The number of amides is 3. The van der Waals surface area contributed by atoms with Crippen LogP contribution in [0.4, 0.5) is 0 Å². The van der Waals surface area contributed by atoms with E-state index in [4.69, 9.17) is 23.2 Å². The molecule has 0 bridgehead atoms. The van der Waals surface area contributed by atoms with E-state index in [1.54, 1.807) is 32.3 Å². The molecule has 2 fully saturated rings. The fourth-order valence-electron chi connectivity index (χ4n) is 5.33. The summed E-state index contributed by atoms with van der Waals surface area (Å²) in [6, 6.07) is 3.48. The molecule has 10 heteroatoms. The van der Waals surface area contributed by atoms with Crippen molar-refractivity contribution in [1.82, 2.24) is 20.4 Å². The van der Waals surface area contributed by atoms with Gasteiger partial charge in [0.15, 0.2) is 0 Å². The van der Waals surface area contributed by atoms with Gasteiger partial charge >= 0.3 is 0 Å². The molecule has 0 unspecified atom stereocenters. The minimum Gasteiger partial charge on any atom is -0.343 e. The van der Waals surface area contributed by atoms with Crippen molar-refractivity contribution >= 4 is 52.7 Å². The van der Waals surface area contributed by atoms with E-state index < -0.39 is 12.1 Å². The van der Waals surface area contributed by atoms with Gasteiger partial charge in [-0.05, 0) is 74.6 Å². The first kappa shape index (κ1) is 31.1. The molecule has 7 nitrogen and oxygen atoms in total. The molecule has 4 atom stereocenters. The fourth-order valence-corrected chi connectivity index (χ4v) is 6.91. The average Bonchev–Trinajstić information content (AvgIpc) is 3.34. The molecule has 2 N–H and O–H groups in total. The maximum Gasteiger partial charge on any atom is 0.245 e. The molecule has 2 saturated heterocycles. The minimum absolute atomic E-state index is 0.0742. The van der Waals surface area contributed by atoms with E-state index >= 15 is 0 Å². The lowest BCUT2D eigenvalue weighted by Crippen LogP contribution is -2.58. The summed E-state index contributed by atoms with van der Waals surface area (Å²) in [5.41, 5.74) is 0.719. The van der Waals surface area contributed by atoms with Crippen molar-refractivity contribution in [1.29, 1.82) is 0 Å². The number of hydrogen-bond donors (Lipinski definition) is 2. The molecule has 3 amide bonds. The number of benzene rings is 1. The first-order valence-corrected chi connectivity index (χ1v) is 15.6. The van der Waals surface area contributed by atoms with E-state index in [1.807, 2.05) is 30.5 Å². The molecule has 3 rings (SSSR count). The Hall–Kier alpha value is -1.48. The summed E-state index contributed by atoms with van der Waals surface area (Å²) < 4.78 is 0. The standard InChI is InChI=1S/C28H42Cl2N4O3S/c1-18(2)14-24-27(36)33(4)25(16-19-15-20(29)10-11-22(19)30)28(37)34-12-7-8-21(34)17-38-13-6-5-9-23(31-3)26(35)32-24/h10-11,15,18,21,23-25,31H,5-9,12-14,16-17H2,1-4H3,(H,32,35)/t21-,23+,24+,25+/m1/s1. The highest BCUT2D eigenvalue weighted by Crippen LogP contribution is 2.28. The van der Waals surface area contributed by atoms with E-state index in [1.165, 1.54) is 4.90 Å². The zero-order valence-corrected chi connectivity index (χ0v) is 25.3. The summed E-state index contributed by atoms with van der Waals surface area (Å²) in [6.45, 7) is 4.73. The van der Waals surface area contributed by atoms with Crippen molar-refractivity contribution in [3.8, 4) is 0 Å². The molecule has 1 aromatic carbocycles. The molecular weight excluding hydrogens is 543 g/mol. The third-order valence-corrected chi connectivity index (χ3v) is 9.31. The Kier molecular flexibility index (Phi) is 12.1. The van der Waals surface area contributed by atoms with Gasteiger partial charge in [0.2, 0.25) is 17.7 Å². The van der Waals surface area contributed by atoms with Crippen LogP contribution < -0.4 is 10.6 Å². The van der Waals surface area contributed by atoms with Crippen LogP contribution in [0.2, 0.25) is 10.0 Å². The van der Waals surface area contributed by atoms with Crippen LogP contribution in [0.3, 0.4) is 0 Å². The number of rotatable bonds is 5. The third kappa shape index (κ3) is 8.26. The quantitative estimate of drug-likeness (QED) is 0.536. The van der Waals surface area contributed by atoms with Gasteiger partial charge in [0.05, 0.1) is 6.04 Å². The minimum atomic E-state index is -0.761. The second-order valence-corrected chi connectivity index (χ2v) is 12.8. The van der Waals surface area contributed by atoms with Crippen LogP contribution in [0.5, 0.6) is 0 Å². The Balaban J connectivity index is 1.98. The molecule has 0 spiro atoms. The molecule has 0 aromatic heterocycles. The number of hydrogen-bond acceptors (Lipinski definition) is 5. The molecule has 2 heterocycles. The summed E-state index contributed by atoms with van der Waals surface area (Å²) in [7, 11) is 3.45. The van der Waals surface area contributed by atoms with Gasteiger partial charge in [-0.25, -0.2) is 0 Å². The average molecular weight is 586 g/mol. The third-order valence-electron chi connectivity index (χ3n) is 7.51. The van der Waals surface area contributed by atoms with E-state index in [9.17, 15) is 14.4 Å². The summed E-state index contributed by atoms with van der Waals surface area (Å²) in [5.74, 6) is 1.52. The number of nitrogens with one attached hydrogen (secondary N) is 2. The molecular formula is C28H42Cl2N4O3S. The van der Waals surface area contributed by atoms with E-state index in [0.717, 1.165) is 42.8 Å². The largest absolute Gasteiger partial charge is 0.343 e. The normalized spacial score (nSPS) is 26.6. The number of halogens is 2. The van der Waals surface area contributed by atoms with E-state index in [0.29, 0.717) is 29.4 Å². The lowest BCUT2D eigenvalue weighted by Gasteiger charge is -2.36. The monoisotopic (exact) mass is 584 g/mol. The summed E-state index contributed by atoms with van der Waals surface area (Å²) in [6.07, 6.45) is 5.29. The van der Waals surface area contributed by atoms with Crippen molar-refractivity contribution < 1.29 is 14.4 Å². The summed E-state index contributed by atoms with van der Waals surface area (Å²) >= 11 is 14.6. The highest BCUT2D eigenvalue weighted by atomic mass is 35.5.